The van der Waals surface area contributed by atoms with E-state index in [4.69, 9.17) is 4.74 Å². The Labute approximate surface area is 152 Å². The van der Waals surface area contributed by atoms with Gasteiger partial charge in [-0.1, -0.05) is 0 Å². The summed E-state index contributed by atoms with van der Waals surface area (Å²) < 4.78 is 6.87. The number of fused-ring (bicyclic) bond motifs is 1. The van der Waals surface area contributed by atoms with Gasteiger partial charge >= 0.3 is 5.97 Å². The fourth-order valence-corrected chi connectivity index (χ4v) is 4.19. The first-order chi connectivity index (χ1) is 12.6. The van der Waals surface area contributed by atoms with Gasteiger partial charge in [0.1, 0.15) is 6.54 Å². The van der Waals surface area contributed by atoms with Crippen LogP contribution in [0.25, 0.3) is 10.9 Å². The maximum Gasteiger partial charge on any atom is 0.325 e. The Hall–Kier alpha value is -2.34. The van der Waals surface area contributed by atoms with Gasteiger partial charge in [-0.2, -0.15) is 0 Å². The van der Waals surface area contributed by atoms with E-state index in [1.165, 1.54) is 0 Å². The molecule has 2 fully saturated rings. The van der Waals surface area contributed by atoms with Crippen molar-refractivity contribution in [3.63, 3.8) is 0 Å². The quantitative estimate of drug-likeness (QED) is 0.809. The molecule has 0 bridgehead atoms. The molecule has 0 radical (unpaired) electrons. The number of hydrogen-bond donors (Lipinski definition) is 2. The van der Waals surface area contributed by atoms with Crippen molar-refractivity contribution in [3.05, 3.63) is 30.5 Å². The second-order valence-electron chi connectivity index (χ2n) is 7.38. The third-order valence-corrected chi connectivity index (χ3v) is 5.75. The summed E-state index contributed by atoms with van der Waals surface area (Å²) >= 11 is 0. The van der Waals surface area contributed by atoms with Gasteiger partial charge in [0.05, 0.1) is 6.61 Å². The maximum atomic E-state index is 12.6. The minimum atomic E-state index is -0.247. The molecule has 6 nitrogen and oxygen atoms in total. The molecular weight excluding hydrogens is 330 g/mol. The summed E-state index contributed by atoms with van der Waals surface area (Å²) in [5.74, 6) is 0.0364. The minimum absolute atomic E-state index is 0.136. The highest BCUT2D eigenvalue weighted by Crippen LogP contribution is 2.58. The van der Waals surface area contributed by atoms with E-state index in [9.17, 15) is 9.59 Å². The predicted molar refractivity (Wildman–Crippen MR) is 99.8 cm³/mol. The Morgan fingerprint density at radius 2 is 2.12 bits per heavy atom. The van der Waals surface area contributed by atoms with Crippen molar-refractivity contribution in [3.8, 4) is 0 Å². The lowest BCUT2D eigenvalue weighted by Gasteiger charge is -2.23. The fourth-order valence-electron chi connectivity index (χ4n) is 4.19. The highest BCUT2D eigenvalue weighted by Gasteiger charge is 2.57. The SMILES string of the molecule is CCOC(=O)Cn1ccc2cc(NC(=O)C3CC34CCNCC4)ccc21. The molecule has 2 aliphatic rings. The second-order valence-corrected chi connectivity index (χ2v) is 7.38. The lowest BCUT2D eigenvalue weighted by atomic mass is 9.92. The van der Waals surface area contributed by atoms with Crippen LogP contribution in [0.5, 0.6) is 0 Å². The second kappa shape index (κ2) is 6.76. The lowest BCUT2D eigenvalue weighted by Crippen LogP contribution is -2.31. The molecule has 1 amide bonds. The summed E-state index contributed by atoms with van der Waals surface area (Å²) in [4.78, 5) is 24.3. The number of piperidine rings is 1. The molecule has 2 N–H and O–H groups in total. The van der Waals surface area contributed by atoms with E-state index >= 15 is 0 Å². The van der Waals surface area contributed by atoms with Crippen LogP contribution in [0.3, 0.4) is 0 Å². The number of esters is 1. The average Bonchev–Trinajstić information content (AvgIpc) is 3.18. The van der Waals surface area contributed by atoms with Crippen LogP contribution in [0.15, 0.2) is 30.5 Å². The van der Waals surface area contributed by atoms with E-state index in [1.807, 2.05) is 35.0 Å². The highest BCUT2D eigenvalue weighted by molar-refractivity contribution is 5.97. The number of benzene rings is 1. The van der Waals surface area contributed by atoms with Gasteiger partial charge in [0, 0.05) is 28.7 Å². The van der Waals surface area contributed by atoms with Crippen molar-refractivity contribution < 1.29 is 14.3 Å². The molecule has 138 valence electrons. The van der Waals surface area contributed by atoms with Crippen LogP contribution in [0, 0.1) is 11.3 Å². The first-order valence-corrected chi connectivity index (χ1v) is 9.37. The van der Waals surface area contributed by atoms with Gasteiger partial charge in [0.2, 0.25) is 5.91 Å². The van der Waals surface area contributed by atoms with Gasteiger partial charge < -0.3 is 19.9 Å². The molecule has 4 rings (SSSR count). The number of ether oxygens (including phenoxy) is 1. The van der Waals surface area contributed by atoms with Crippen molar-refractivity contribution in [2.75, 3.05) is 25.0 Å². The monoisotopic (exact) mass is 355 g/mol. The van der Waals surface area contributed by atoms with E-state index in [0.29, 0.717) is 6.61 Å². The molecule has 1 aromatic heterocycles. The van der Waals surface area contributed by atoms with Gasteiger partial charge in [-0.25, -0.2) is 0 Å². The fraction of sp³-hybridized carbons (Fsp3) is 0.500. The van der Waals surface area contributed by atoms with Crippen molar-refractivity contribution >= 4 is 28.5 Å². The van der Waals surface area contributed by atoms with Gasteiger partial charge in [0.25, 0.3) is 0 Å². The normalized spacial score (nSPS) is 20.9. The van der Waals surface area contributed by atoms with E-state index in [2.05, 4.69) is 10.6 Å². The molecule has 2 heterocycles. The summed E-state index contributed by atoms with van der Waals surface area (Å²) in [5, 5.41) is 7.44. The maximum absolute atomic E-state index is 12.6. The van der Waals surface area contributed by atoms with Crippen LogP contribution in [0.2, 0.25) is 0 Å². The molecular formula is C20H25N3O3. The van der Waals surface area contributed by atoms with Gasteiger partial charge in [-0.15, -0.1) is 0 Å². The number of carbonyl (C=O) groups is 2. The molecule has 1 atom stereocenters. The molecule has 1 aliphatic heterocycles. The lowest BCUT2D eigenvalue weighted by molar-refractivity contribution is -0.143. The minimum Gasteiger partial charge on any atom is -0.465 e. The Bertz CT molecular complexity index is 836. The summed E-state index contributed by atoms with van der Waals surface area (Å²) in [6.07, 6.45) is 5.08. The van der Waals surface area contributed by atoms with Crippen LogP contribution in [0.4, 0.5) is 5.69 Å². The van der Waals surface area contributed by atoms with E-state index in [0.717, 1.165) is 48.9 Å². The number of aromatic nitrogens is 1. The highest BCUT2D eigenvalue weighted by atomic mass is 16.5. The van der Waals surface area contributed by atoms with Crippen LogP contribution < -0.4 is 10.6 Å². The molecule has 1 aromatic carbocycles. The number of anilines is 1. The molecule has 1 saturated carbocycles. The van der Waals surface area contributed by atoms with Crippen molar-refractivity contribution in [2.24, 2.45) is 11.3 Å². The van der Waals surface area contributed by atoms with E-state index < -0.39 is 0 Å². The summed E-state index contributed by atoms with van der Waals surface area (Å²) in [7, 11) is 0. The van der Waals surface area contributed by atoms with Crippen LogP contribution in [0.1, 0.15) is 26.2 Å². The van der Waals surface area contributed by atoms with Gasteiger partial charge in [-0.3, -0.25) is 9.59 Å². The third kappa shape index (κ3) is 3.21. The molecule has 26 heavy (non-hydrogen) atoms. The zero-order valence-corrected chi connectivity index (χ0v) is 15.1. The molecule has 1 spiro atoms. The molecule has 1 saturated heterocycles. The molecule has 1 unspecified atom stereocenters. The molecule has 2 aromatic rings. The number of nitrogens with one attached hydrogen (secondary N) is 2. The smallest absolute Gasteiger partial charge is 0.325 e. The zero-order valence-electron chi connectivity index (χ0n) is 15.1. The Kier molecular flexibility index (Phi) is 4.44. The largest absolute Gasteiger partial charge is 0.465 e. The first kappa shape index (κ1) is 17.1. The predicted octanol–water partition coefficient (Wildman–Crippen LogP) is 2.53. The Morgan fingerprint density at radius 1 is 1.31 bits per heavy atom. The standard InChI is InChI=1S/C20H25N3O3/c1-2-26-18(24)13-23-10-5-14-11-15(3-4-17(14)23)22-19(25)16-12-20(16)6-8-21-9-7-20/h3-5,10-11,16,21H,2,6-9,12-13H2,1H3,(H,22,25). The first-order valence-electron chi connectivity index (χ1n) is 9.37. The van der Waals surface area contributed by atoms with Crippen molar-refractivity contribution in [2.45, 2.75) is 32.7 Å². The Balaban J connectivity index is 1.43. The molecule has 6 heteroatoms. The van der Waals surface area contributed by atoms with E-state index in [1.54, 1.807) is 6.92 Å². The number of carbonyl (C=O) groups excluding carboxylic acids is 2. The third-order valence-electron chi connectivity index (χ3n) is 5.75. The number of amides is 1. The zero-order chi connectivity index (χ0) is 18.1. The van der Waals surface area contributed by atoms with Crippen LogP contribution in [-0.4, -0.2) is 36.1 Å². The van der Waals surface area contributed by atoms with E-state index in [-0.39, 0.29) is 29.8 Å². The summed E-state index contributed by atoms with van der Waals surface area (Å²) in [6.45, 7) is 4.41. The van der Waals surface area contributed by atoms with Crippen LogP contribution in [-0.2, 0) is 20.9 Å². The molecule has 1 aliphatic carbocycles. The Morgan fingerprint density at radius 3 is 2.88 bits per heavy atom. The van der Waals surface area contributed by atoms with Gasteiger partial charge in [-0.05, 0) is 69.0 Å². The topological polar surface area (TPSA) is 72.4 Å². The number of rotatable bonds is 5. The average molecular weight is 355 g/mol. The number of nitrogens with zero attached hydrogens (tertiary/aromatic N) is 1. The summed E-state index contributed by atoms with van der Waals surface area (Å²) in [5.41, 5.74) is 2.01. The summed E-state index contributed by atoms with van der Waals surface area (Å²) in [6, 6.07) is 7.76. The van der Waals surface area contributed by atoms with Crippen molar-refractivity contribution in [1.29, 1.82) is 0 Å². The number of hydrogen-bond acceptors (Lipinski definition) is 4. The van der Waals surface area contributed by atoms with Gasteiger partial charge in [0.15, 0.2) is 0 Å². The van der Waals surface area contributed by atoms with Crippen LogP contribution >= 0.6 is 0 Å². The van der Waals surface area contributed by atoms with Crippen molar-refractivity contribution in [1.82, 2.24) is 9.88 Å².